The molecule has 2 aromatic carbocycles. The monoisotopic (exact) mass is 355 g/mol. The molecule has 0 bridgehead atoms. The van der Waals surface area contributed by atoms with E-state index in [0.29, 0.717) is 23.0 Å². The molecule has 0 aliphatic rings. The number of benzene rings is 2. The van der Waals surface area contributed by atoms with Gasteiger partial charge in [-0.25, -0.2) is 4.39 Å². The Hall–Kier alpha value is -2.87. The van der Waals surface area contributed by atoms with Gasteiger partial charge in [-0.2, -0.15) is 0 Å². The fraction of sp³-hybridized carbons (Fsp3) is 0.118. The number of halogens is 1. The van der Waals surface area contributed by atoms with Crippen LogP contribution >= 0.6 is 11.8 Å². The summed E-state index contributed by atoms with van der Waals surface area (Å²) in [6.45, 7) is 0.299. The first-order valence-electron chi connectivity index (χ1n) is 7.53. The van der Waals surface area contributed by atoms with Crippen LogP contribution in [0.15, 0.2) is 53.7 Å². The maximum Gasteiger partial charge on any atom is 0.237 e. The first-order chi connectivity index (χ1) is 12.1. The summed E-state index contributed by atoms with van der Waals surface area (Å²) in [6, 6.07) is 14.2. The van der Waals surface area contributed by atoms with Crippen molar-refractivity contribution in [1.82, 2.24) is 19.2 Å². The van der Waals surface area contributed by atoms with Crippen LogP contribution in [0.5, 0.6) is 0 Å². The third-order valence-electron chi connectivity index (χ3n) is 3.88. The van der Waals surface area contributed by atoms with E-state index in [0.717, 1.165) is 22.8 Å². The minimum Gasteiger partial charge on any atom is -0.549 e. The van der Waals surface area contributed by atoms with Crippen molar-refractivity contribution in [2.75, 3.05) is 5.75 Å². The smallest absolute Gasteiger partial charge is 0.237 e. The number of para-hydroxylation sites is 2. The van der Waals surface area contributed by atoms with E-state index in [1.807, 2.05) is 28.8 Å². The van der Waals surface area contributed by atoms with Crippen molar-refractivity contribution in [2.24, 2.45) is 0 Å². The Bertz CT molecular complexity index is 1090. The molecule has 4 rings (SSSR count). The van der Waals surface area contributed by atoms with Gasteiger partial charge in [0.25, 0.3) is 0 Å². The summed E-state index contributed by atoms with van der Waals surface area (Å²) in [5, 5.41) is 19.5. The number of carbonyl (C=O) groups excluding carboxylic acids is 1. The predicted octanol–water partition coefficient (Wildman–Crippen LogP) is 1.71. The molecule has 0 aliphatic carbocycles. The van der Waals surface area contributed by atoms with Crippen molar-refractivity contribution in [3.05, 3.63) is 59.9 Å². The van der Waals surface area contributed by atoms with Crippen LogP contribution < -0.4 is 5.11 Å². The Labute approximate surface area is 145 Å². The van der Waals surface area contributed by atoms with Crippen molar-refractivity contribution in [3.8, 4) is 0 Å². The number of carbonyl (C=O) groups is 1. The Morgan fingerprint density at radius 3 is 2.56 bits per heavy atom. The van der Waals surface area contributed by atoms with Gasteiger partial charge in [0.1, 0.15) is 5.82 Å². The zero-order chi connectivity index (χ0) is 17.4. The molecule has 0 fully saturated rings. The number of aromatic nitrogens is 4. The highest BCUT2D eigenvalue weighted by atomic mass is 32.2. The number of carboxylic acid groups (broad SMARTS) is 1. The van der Waals surface area contributed by atoms with E-state index in [-0.39, 0.29) is 11.6 Å². The van der Waals surface area contributed by atoms with Gasteiger partial charge in [0.2, 0.25) is 5.78 Å². The van der Waals surface area contributed by atoms with Crippen LogP contribution in [-0.2, 0) is 11.3 Å². The zero-order valence-electron chi connectivity index (χ0n) is 12.9. The number of rotatable bonds is 5. The van der Waals surface area contributed by atoms with Gasteiger partial charge in [-0.15, -0.1) is 10.2 Å². The molecule has 0 saturated carbocycles. The first kappa shape index (κ1) is 15.6. The van der Waals surface area contributed by atoms with Gasteiger partial charge in [-0.3, -0.25) is 4.40 Å². The van der Waals surface area contributed by atoms with Gasteiger partial charge in [0.05, 0.1) is 23.5 Å². The van der Waals surface area contributed by atoms with Crippen LogP contribution in [0, 0.1) is 5.82 Å². The molecule has 4 aromatic rings. The number of hydrogen-bond donors (Lipinski definition) is 0. The fourth-order valence-corrected chi connectivity index (χ4v) is 3.46. The molecular formula is C17H12FN4O2S-. The molecule has 8 heteroatoms. The Balaban J connectivity index is 1.88. The topological polar surface area (TPSA) is 75.2 Å². The number of thioether (sulfide) groups is 1. The molecular weight excluding hydrogens is 343 g/mol. The van der Waals surface area contributed by atoms with Gasteiger partial charge in [0, 0.05) is 11.3 Å². The normalized spacial score (nSPS) is 11.4. The summed E-state index contributed by atoms with van der Waals surface area (Å²) in [6.07, 6.45) is 0. The Morgan fingerprint density at radius 2 is 1.80 bits per heavy atom. The van der Waals surface area contributed by atoms with Crippen LogP contribution in [0.25, 0.3) is 16.8 Å². The van der Waals surface area contributed by atoms with Crippen LogP contribution in [0.2, 0.25) is 0 Å². The molecule has 0 amide bonds. The quantitative estimate of drug-likeness (QED) is 0.510. The molecule has 0 N–H and O–H groups in total. The Kier molecular flexibility index (Phi) is 3.89. The molecule has 2 aromatic heterocycles. The van der Waals surface area contributed by atoms with Gasteiger partial charge in [-0.05, 0) is 18.2 Å². The second-order valence-corrected chi connectivity index (χ2v) is 6.39. The largest absolute Gasteiger partial charge is 0.549 e. The van der Waals surface area contributed by atoms with E-state index >= 15 is 0 Å². The van der Waals surface area contributed by atoms with E-state index in [4.69, 9.17) is 0 Å². The number of fused-ring (bicyclic) bond motifs is 3. The summed E-state index contributed by atoms with van der Waals surface area (Å²) in [7, 11) is 0. The number of hydrogen-bond acceptors (Lipinski definition) is 5. The summed E-state index contributed by atoms with van der Waals surface area (Å²) in [4.78, 5) is 10.7. The van der Waals surface area contributed by atoms with Gasteiger partial charge in [0.15, 0.2) is 5.16 Å². The summed E-state index contributed by atoms with van der Waals surface area (Å²) in [5.74, 6) is -1.14. The maximum atomic E-state index is 14.1. The highest BCUT2D eigenvalue weighted by Crippen LogP contribution is 2.26. The molecule has 25 heavy (non-hydrogen) atoms. The zero-order valence-corrected chi connectivity index (χ0v) is 13.7. The Morgan fingerprint density at radius 1 is 1.08 bits per heavy atom. The van der Waals surface area contributed by atoms with E-state index in [1.54, 1.807) is 22.6 Å². The number of aliphatic carboxylic acids is 1. The predicted molar refractivity (Wildman–Crippen MR) is 89.7 cm³/mol. The van der Waals surface area contributed by atoms with Gasteiger partial charge in [-0.1, -0.05) is 42.1 Å². The van der Waals surface area contributed by atoms with Crippen LogP contribution in [0.3, 0.4) is 0 Å². The second kappa shape index (κ2) is 6.21. The molecule has 6 nitrogen and oxygen atoms in total. The molecule has 0 unspecified atom stereocenters. The van der Waals surface area contributed by atoms with E-state index in [9.17, 15) is 14.3 Å². The van der Waals surface area contributed by atoms with Crippen LogP contribution in [-0.4, -0.2) is 30.9 Å². The number of carboxylic acids is 1. The summed E-state index contributed by atoms with van der Waals surface area (Å²) in [5.41, 5.74) is 2.24. The number of nitrogens with zero attached hydrogens (tertiary/aromatic N) is 4. The fourth-order valence-electron chi connectivity index (χ4n) is 2.81. The van der Waals surface area contributed by atoms with Crippen LogP contribution in [0.1, 0.15) is 5.56 Å². The van der Waals surface area contributed by atoms with E-state index in [1.165, 1.54) is 6.07 Å². The van der Waals surface area contributed by atoms with Gasteiger partial charge < -0.3 is 14.5 Å². The highest BCUT2D eigenvalue weighted by molar-refractivity contribution is 7.99. The van der Waals surface area contributed by atoms with Crippen molar-refractivity contribution < 1.29 is 14.3 Å². The molecule has 0 aliphatic heterocycles. The summed E-state index contributed by atoms with van der Waals surface area (Å²) < 4.78 is 17.7. The lowest BCUT2D eigenvalue weighted by molar-refractivity contribution is -0.301. The van der Waals surface area contributed by atoms with Gasteiger partial charge >= 0.3 is 0 Å². The minimum absolute atomic E-state index is 0.215. The lowest BCUT2D eigenvalue weighted by atomic mass is 10.2. The molecule has 126 valence electrons. The molecule has 0 radical (unpaired) electrons. The third kappa shape index (κ3) is 2.74. The lowest BCUT2D eigenvalue weighted by Crippen LogP contribution is -2.24. The lowest BCUT2D eigenvalue weighted by Gasteiger charge is -2.06. The van der Waals surface area contributed by atoms with Crippen molar-refractivity contribution in [2.45, 2.75) is 11.7 Å². The average Bonchev–Trinajstić information content (AvgIpc) is 3.15. The second-order valence-electron chi connectivity index (χ2n) is 5.44. The highest BCUT2D eigenvalue weighted by Gasteiger charge is 2.17. The standard InChI is InChI=1S/C17H13FN4O2S/c18-12-6-2-1-5-11(12)9-21-13-7-3-4-8-14(13)22-16(21)19-20-17(22)25-10-15(23)24/h1-8H,9-10H2,(H,23,24)/p-1. The van der Waals surface area contributed by atoms with Crippen LogP contribution in [0.4, 0.5) is 4.39 Å². The molecule has 0 atom stereocenters. The first-order valence-corrected chi connectivity index (χ1v) is 8.52. The number of imidazole rings is 1. The summed E-state index contributed by atoms with van der Waals surface area (Å²) >= 11 is 1.04. The minimum atomic E-state index is -1.17. The average molecular weight is 355 g/mol. The van der Waals surface area contributed by atoms with Crippen molar-refractivity contribution in [1.29, 1.82) is 0 Å². The third-order valence-corrected chi connectivity index (χ3v) is 4.78. The molecule has 2 heterocycles. The van der Waals surface area contributed by atoms with Crippen molar-refractivity contribution >= 4 is 34.5 Å². The SMILES string of the molecule is O=C([O-])CSc1nnc2n(Cc3ccccc3F)c3ccccc3n12. The van der Waals surface area contributed by atoms with E-state index in [2.05, 4.69) is 10.2 Å². The molecule has 0 spiro atoms. The van der Waals surface area contributed by atoms with Crippen molar-refractivity contribution in [3.63, 3.8) is 0 Å². The van der Waals surface area contributed by atoms with E-state index < -0.39 is 5.97 Å². The maximum absolute atomic E-state index is 14.1. The molecule has 0 saturated heterocycles.